The lowest BCUT2D eigenvalue weighted by Crippen LogP contribution is -2.39. The molecule has 1 unspecified atom stereocenters. The maximum absolute atomic E-state index is 12.5. The molecule has 1 N–H and O–H groups in total. The fraction of sp³-hybridized carbons (Fsp3) is 0.733. The third kappa shape index (κ3) is 14.2. The summed E-state index contributed by atoms with van der Waals surface area (Å²) in [5.41, 5.74) is 0.0576. The summed E-state index contributed by atoms with van der Waals surface area (Å²) >= 11 is 0. The maximum atomic E-state index is 12.5. The molecule has 0 aliphatic heterocycles. The van der Waals surface area contributed by atoms with Gasteiger partial charge < -0.3 is 14.8 Å². The largest absolute Gasteiger partial charge is 0.460 e. The molecule has 0 aromatic heterocycles. The van der Waals surface area contributed by atoms with Gasteiger partial charge in [0.1, 0.15) is 0 Å². The zero-order valence-corrected chi connectivity index (χ0v) is 23.3. The summed E-state index contributed by atoms with van der Waals surface area (Å²) < 4.78 is 10.6. The summed E-state index contributed by atoms with van der Waals surface area (Å²) in [4.78, 5) is 24.6. The smallest absolute Gasteiger partial charge is 0.350 e. The molecule has 0 saturated heterocycles. The van der Waals surface area contributed by atoms with E-state index in [0.29, 0.717) is 11.6 Å². The molecule has 0 aliphatic rings. The van der Waals surface area contributed by atoms with Gasteiger partial charge in [-0.25, -0.2) is 9.59 Å². The monoisotopic (exact) mass is 489 g/mol. The highest BCUT2D eigenvalue weighted by molar-refractivity contribution is 5.92. The third-order valence-electron chi connectivity index (χ3n) is 6.21. The van der Waals surface area contributed by atoms with Crippen LogP contribution in [0.1, 0.15) is 135 Å². The van der Waals surface area contributed by atoms with Crippen molar-refractivity contribution in [3.05, 3.63) is 29.8 Å². The summed E-state index contributed by atoms with van der Waals surface area (Å²) in [6.45, 7) is 11.1. The molecule has 1 aromatic rings. The van der Waals surface area contributed by atoms with Gasteiger partial charge in [-0.1, -0.05) is 84.0 Å². The second-order valence-corrected chi connectivity index (χ2v) is 10.7. The van der Waals surface area contributed by atoms with Crippen molar-refractivity contribution >= 4 is 17.6 Å². The van der Waals surface area contributed by atoms with Gasteiger partial charge in [-0.05, 0) is 65.3 Å². The van der Waals surface area contributed by atoms with E-state index in [1.165, 1.54) is 77.0 Å². The third-order valence-corrected chi connectivity index (χ3v) is 6.21. The number of carbonyl (C=O) groups excluding carboxylic acids is 2. The molecule has 0 saturated carbocycles. The van der Waals surface area contributed by atoms with E-state index in [0.717, 1.165) is 12.1 Å². The average molecular weight is 490 g/mol. The molecule has 0 radical (unpaired) electrons. The Balaban J connectivity index is 2.22. The van der Waals surface area contributed by atoms with Crippen LogP contribution in [-0.4, -0.2) is 29.7 Å². The number of carbonyl (C=O) groups is 2. The maximum Gasteiger partial charge on any atom is 0.350 e. The molecule has 35 heavy (non-hydrogen) atoms. The first-order valence-corrected chi connectivity index (χ1v) is 14.0. The predicted octanol–water partition coefficient (Wildman–Crippen LogP) is 8.47. The fourth-order valence-corrected chi connectivity index (χ4v) is 4.04. The molecule has 5 heteroatoms. The number of benzene rings is 1. The SMILES string of the molecule is CCCCCCCCCCCCCCC(C)Nc1ccc(C(=O)OC(C)(C)C(=O)OC(C)C)cc1. The summed E-state index contributed by atoms with van der Waals surface area (Å²) in [6, 6.07) is 7.60. The Morgan fingerprint density at radius 3 is 1.77 bits per heavy atom. The highest BCUT2D eigenvalue weighted by Gasteiger charge is 2.34. The van der Waals surface area contributed by atoms with Gasteiger partial charge in [0, 0.05) is 11.7 Å². The minimum Gasteiger partial charge on any atom is -0.460 e. The van der Waals surface area contributed by atoms with Crippen LogP contribution < -0.4 is 5.32 Å². The van der Waals surface area contributed by atoms with Crippen molar-refractivity contribution in [1.82, 2.24) is 0 Å². The highest BCUT2D eigenvalue weighted by Crippen LogP contribution is 2.19. The van der Waals surface area contributed by atoms with Gasteiger partial charge in [0.25, 0.3) is 0 Å². The molecule has 0 heterocycles. The van der Waals surface area contributed by atoms with Crippen molar-refractivity contribution in [2.45, 2.75) is 143 Å². The Morgan fingerprint density at radius 1 is 0.800 bits per heavy atom. The normalized spacial score (nSPS) is 12.4. The molecule has 1 atom stereocenters. The minimum absolute atomic E-state index is 0.261. The van der Waals surface area contributed by atoms with Crippen LogP contribution >= 0.6 is 0 Å². The van der Waals surface area contributed by atoms with Gasteiger partial charge in [-0.2, -0.15) is 0 Å². The van der Waals surface area contributed by atoms with E-state index in [9.17, 15) is 9.59 Å². The topological polar surface area (TPSA) is 64.6 Å². The quantitative estimate of drug-likeness (QED) is 0.156. The zero-order valence-electron chi connectivity index (χ0n) is 23.3. The van der Waals surface area contributed by atoms with Crippen LogP contribution in [0, 0.1) is 0 Å². The van der Waals surface area contributed by atoms with E-state index in [4.69, 9.17) is 9.47 Å². The molecule has 0 spiro atoms. The van der Waals surface area contributed by atoms with Crippen molar-refractivity contribution < 1.29 is 19.1 Å². The number of hydrogen-bond donors (Lipinski definition) is 1. The Hall–Kier alpha value is -2.04. The standard InChI is InChI=1S/C30H51NO4/c1-7-8-9-10-11-12-13-14-15-16-17-18-19-25(4)31-27-22-20-26(21-23-27)28(32)35-30(5,6)29(33)34-24(2)3/h20-25,31H,7-19H2,1-6H3. The lowest BCUT2D eigenvalue weighted by atomic mass is 10.0. The number of nitrogens with one attached hydrogen (secondary N) is 1. The van der Waals surface area contributed by atoms with Crippen LogP contribution in [-0.2, 0) is 14.3 Å². The number of anilines is 1. The van der Waals surface area contributed by atoms with Crippen LogP contribution in [0.4, 0.5) is 5.69 Å². The highest BCUT2D eigenvalue weighted by atomic mass is 16.6. The molecule has 1 rings (SSSR count). The molecule has 5 nitrogen and oxygen atoms in total. The molecule has 0 bridgehead atoms. The van der Waals surface area contributed by atoms with Crippen LogP contribution in [0.2, 0.25) is 0 Å². The lowest BCUT2D eigenvalue weighted by molar-refractivity contribution is -0.166. The molecule has 200 valence electrons. The number of ether oxygens (including phenoxy) is 2. The van der Waals surface area contributed by atoms with Gasteiger partial charge in [0.05, 0.1) is 11.7 Å². The van der Waals surface area contributed by atoms with E-state index in [-0.39, 0.29) is 6.10 Å². The van der Waals surface area contributed by atoms with Gasteiger partial charge in [0.15, 0.2) is 0 Å². The van der Waals surface area contributed by atoms with Crippen molar-refractivity contribution in [1.29, 1.82) is 0 Å². The number of unbranched alkanes of at least 4 members (excludes halogenated alkanes) is 11. The first-order chi connectivity index (χ1) is 16.7. The van der Waals surface area contributed by atoms with Gasteiger partial charge >= 0.3 is 11.9 Å². The molecule has 0 fully saturated rings. The van der Waals surface area contributed by atoms with Gasteiger partial charge in [-0.15, -0.1) is 0 Å². The fourth-order valence-electron chi connectivity index (χ4n) is 4.04. The molecule has 0 aliphatic carbocycles. The van der Waals surface area contributed by atoms with Gasteiger partial charge in [-0.3, -0.25) is 0 Å². The lowest BCUT2D eigenvalue weighted by Gasteiger charge is -2.24. The first kappa shape index (κ1) is 31.0. The first-order valence-electron chi connectivity index (χ1n) is 14.0. The van der Waals surface area contributed by atoms with E-state index >= 15 is 0 Å². The summed E-state index contributed by atoms with van der Waals surface area (Å²) in [6.07, 6.45) is 17.2. The Morgan fingerprint density at radius 2 is 1.29 bits per heavy atom. The summed E-state index contributed by atoms with van der Waals surface area (Å²) in [5, 5.41) is 3.51. The predicted molar refractivity (Wildman–Crippen MR) is 146 cm³/mol. The number of esters is 2. The van der Waals surface area contributed by atoms with Crippen molar-refractivity contribution in [2.75, 3.05) is 5.32 Å². The van der Waals surface area contributed by atoms with Crippen molar-refractivity contribution in [3.63, 3.8) is 0 Å². The number of hydrogen-bond acceptors (Lipinski definition) is 5. The van der Waals surface area contributed by atoms with E-state index < -0.39 is 17.5 Å². The molecular weight excluding hydrogens is 438 g/mol. The summed E-state index contributed by atoms with van der Waals surface area (Å²) in [7, 11) is 0. The Labute approximate surface area is 214 Å². The van der Waals surface area contributed by atoms with Crippen molar-refractivity contribution in [2.24, 2.45) is 0 Å². The van der Waals surface area contributed by atoms with Crippen LogP contribution in [0.15, 0.2) is 24.3 Å². The molecular formula is C30H51NO4. The Bertz CT molecular complexity index is 712. The van der Waals surface area contributed by atoms with E-state index in [1.54, 1.807) is 39.8 Å². The van der Waals surface area contributed by atoms with Crippen molar-refractivity contribution in [3.8, 4) is 0 Å². The van der Waals surface area contributed by atoms with Crippen LogP contribution in [0.5, 0.6) is 0 Å². The summed E-state index contributed by atoms with van der Waals surface area (Å²) in [5.74, 6) is -1.09. The Kier molecular flexibility index (Phi) is 15.4. The van der Waals surface area contributed by atoms with Crippen LogP contribution in [0.3, 0.4) is 0 Å². The number of rotatable bonds is 19. The minimum atomic E-state index is -1.33. The second-order valence-electron chi connectivity index (χ2n) is 10.7. The second kappa shape index (κ2) is 17.4. The van der Waals surface area contributed by atoms with Gasteiger partial charge in [0.2, 0.25) is 5.60 Å². The van der Waals surface area contributed by atoms with Crippen LogP contribution in [0.25, 0.3) is 0 Å². The molecule has 0 amide bonds. The molecule has 1 aromatic carbocycles. The average Bonchev–Trinajstić information content (AvgIpc) is 2.79. The van der Waals surface area contributed by atoms with E-state index in [2.05, 4.69) is 19.2 Å². The zero-order chi connectivity index (χ0) is 26.1. The van der Waals surface area contributed by atoms with E-state index in [1.807, 2.05) is 12.1 Å².